The first-order valence-corrected chi connectivity index (χ1v) is 4.67. The van der Waals surface area contributed by atoms with Gasteiger partial charge in [-0.15, -0.1) is 5.10 Å². The quantitative estimate of drug-likeness (QED) is 0.616. The van der Waals surface area contributed by atoms with Gasteiger partial charge in [0.1, 0.15) is 0 Å². The van der Waals surface area contributed by atoms with E-state index in [1.807, 2.05) is 6.92 Å². The zero-order chi connectivity index (χ0) is 8.55. The first kappa shape index (κ1) is 7.99. The molecule has 0 saturated heterocycles. The van der Waals surface area contributed by atoms with Crippen molar-refractivity contribution in [2.45, 2.75) is 32.6 Å². The fraction of sp³-hybridized carbons (Fsp3) is 0.556. The summed E-state index contributed by atoms with van der Waals surface area (Å²) in [5.74, 6) is 0. The van der Waals surface area contributed by atoms with Crippen LogP contribution in [0.3, 0.4) is 0 Å². The lowest BCUT2D eigenvalue weighted by molar-refractivity contribution is 0.650. The number of halogens is 1. The van der Waals surface area contributed by atoms with Crippen LogP contribution < -0.4 is 0 Å². The molecule has 0 bridgehead atoms. The van der Waals surface area contributed by atoms with Crippen molar-refractivity contribution in [1.29, 1.82) is 0 Å². The second-order valence-electron chi connectivity index (χ2n) is 3.25. The Balaban J connectivity index is 2.54. The topological polar surface area (TPSA) is 25.8 Å². The SMILES string of the molecule is Cc1c(Cl)nnc2c1CCCC2. The minimum Gasteiger partial charge on any atom is -0.154 e. The van der Waals surface area contributed by atoms with Crippen LogP contribution in [-0.4, -0.2) is 10.2 Å². The molecule has 0 aliphatic heterocycles. The van der Waals surface area contributed by atoms with E-state index >= 15 is 0 Å². The van der Waals surface area contributed by atoms with Crippen molar-refractivity contribution in [2.24, 2.45) is 0 Å². The van der Waals surface area contributed by atoms with Crippen LogP contribution in [0.4, 0.5) is 0 Å². The summed E-state index contributed by atoms with van der Waals surface area (Å²) in [5, 5.41) is 8.57. The Kier molecular flexibility index (Phi) is 2.01. The lowest BCUT2D eigenvalue weighted by atomic mass is 9.94. The number of fused-ring (bicyclic) bond motifs is 1. The smallest absolute Gasteiger partial charge is 0.154 e. The van der Waals surface area contributed by atoms with Crippen LogP contribution in [0.1, 0.15) is 29.7 Å². The largest absolute Gasteiger partial charge is 0.154 e. The van der Waals surface area contributed by atoms with Gasteiger partial charge in [-0.3, -0.25) is 0 Å². The number of aromatic nitrogens is 2. The molecule has 1 aliphatic carbocycles. The van der Waals surface area contributed by atoms with Gasteiger partial charge in [-0.2, -0.15) is 5.10 Å². The molecule has 0 N–H and O–H groups in total. The van der Waals surface area contributed by atoms with Gasteiger partial charge in [-0.05, 0) is 43.7 Å². The van der Waals surface area contributed by atoms with Crippen LogP contribution >= 0.6 is 11.6 Å². The van der Waals surface area contributed by atoms with Crippen LogP contribution in [0.15, 0.2) is 0 Å². The highest BCUT2D eigenvalue weighted by Crippen LogP contribution is 2.24. The van der Waals surface area contributed by atoms with E-state index in [0.29, 0.717) is 5.15 Å². The van der Waals surface area contributed by atoms with Gasteiger partial charge in [0.2, 0.25) is 0 Å². The third-order valence-corrected chi connectivity index (χ3v) is 2.82. The zero-order valence-corrected chi connectivity index (χ0v) is 7.86. The van der Waals surface area contributed by atoms with Gasteiger partial charge in [0.25, 0.3) is 0 Å². The maximum atomic E-state index is 5.87. The third-order valence-electron chi connectivity index (χ3n) is 2.46. The molecule has 3 heteroatoms. The highest BCUT2D eigenvalue weighted by molar-refractivity contribution is 6.30. The van der Waals surface area contributed by atoms with E-state index in [4.69, 9.17) is 11.6 Å². The highest BCUT2D eigenvalue weighted by Gasteiger charge is 2.15. The Morgan fingerprint density at radius 3 is 2.75 bits per heavy atom. The molecular formula is C9H11ClN2. The molecule has 0 aromatic carbocycles. The van der Waals surface area contributed by atoms with E-state index in [0.717, 1.165) is 24.1 Å². The number of aryl methyl sites for hydroxylation is 1. The van der Waals surface area contributed by atoms with Crippen molar-refractivity contribution in [3.63, 3.8) is 0 Å². The van der Waals surface area contributed by atoms with Crippen LogP contribution in [-0.2, 0) is 12.8 Å². The summed E-state index contributed by atoms with van der Waals surface area (Å²) in [6.07, 6.45) is 4.69. The molecule has 1 aromatic rings. The predicted octanol–water partition coefficient (Wildman–Crippen LogP) is 2.32. The van der Waals surface area contributed by atoms with Gasteiger partial charge in [0.15, 0.2) is 5.15 Å². The van der Waals surface area contributed by atoms with E-state index in [1.54, 1.807) is 0 Å². The van der Waals surface area contributed by atoms with Gasteiger partial charge in [0, 0.05) is 0 Å². The summed E-state index contributed by atoms with van der Waals surface area (Å²) in [7, 11) is 0. The normalized spacial score (nSPS) is 15.8. The maximum Gasteiger partial charge on any atom is 0.154 e. The molecule has 0 saturated carbocycles. The Bertz CT molecular complexity index is 310. The van der Waals surface area contributed by atoms with Gasteiger partial charge >= 0.3 is 0 Å². The second-order valence-corrected chi connectivity index (χ2v) is 3.61. The molecule has 1 aromatic heterocycles. The number of hydrogen-bond donors (Lipinski definition) is 0. The maximum absolute atomic E-state index is 5.87. The Hall–Kier alpha value is -0.630. The highest BCUT2D eigenvalue weighted by atomic mass is 35.5. The van der Waals surface area contributed by atoms with Gasteiger partial charge in [-0.1, -0.05) is 11.6 Å². The first-order chi connectivity index (χ1) is 5.79. The van der Waals surface area contributed by atoms with Gasteiger partial charge in [0.05, 0.1) is 5.69 Å². The molecule has 1 aliphatic rings. The summed E-state index contributed by atoms with van der Waals surface area (Å²) in [4.78, 5) is 0. The van der Waals surface area contributed by atoms with Crippen LogP contribution in [0.5, 0.6) is 0 Å². The fourth-order valence-corrected chi connectivity index (χ4v) is 1.86. The summed E-state index contributed by atoms with van der Waals surface area (Å²) in [6, 6.07) is 0. The Morgan fingerprint density at radius 1 is 1.17 bits per heavy atom. The summed E-state index contributed by atoms with van der Waals surface area (Å²) in [6.45, 7) is 2.03. The minimum atomic E-state index is 0.565. The van der Waals surface area contributed by atoms with E-state index in [1.165, 1.54) is 18.4 Å². The standard InChI is InChI=1S/C9H11ClN2/c1-6-7-4-2-3-5-8(7)11-12-9(6)10/h2-5H2,1H3. The van der Waals surface area contributed by atoms with E-state index in [9.17, 15) is 0 Å². The van der Waals surface area contributed by atoms with Crippen molar-refractivity contribution in [1.82, 2.24) is 10.2 Å². The number of rotatable bonds is 0. The average Bonchev–Trinajstić information content (AvgIpc) is 2.12. The van der Waals surface area contributed by atoms with Crippen molar-refractivity contribution in [3.05, 3.63) is 22.0 Å². The molecule has 1 heterocycles. The lowest BCUT2D eigenvalue weighted by Crippen LogP contribution is -2.09. The molecule has 0 unspecified atom stereocenters. The molecule has 12 heavy (non-hydrogen) atoms. The predicted molar refractivity (Wildman–Crippen MR) is 48.4 cm³/mol. The van der Waals surface area contributed by atoms with Gasteiger partial charge < -0.3 is 0 Å². The van der Waals surface area contributed by atoms with Crippen LogP contribution in [0.25, 0.3) is 0 Å². The van der Waals surface area contributed by atoms with E-state index in [2.05, 4.69) is 10.2 Å². The summed E-state index contributed by atoms with van der Waals surface area (Å²) < 4.78 is 0. The van der Waals surface area contributed by atoms with E-state index in [-0.39, 0.29) is 0 Å². The van der Waals surface area contributed by atoms with Crippen molar-refractivity contribution < 1.29 is 0 Å². The molecule has 2 nitrogen and oxygen atoms in total. The molecule has 0 atom stereocenters. The Labute approximate surface area is 77.0 Å². The monoisotopic (exact) mass is 182 g/mol. The molecular weight excluding hydrogens is 172 g/mol. The summed E-state index contributed by atoms with van der Waals surface area (Å²) in [5.41, 5.74) is 3.62. The van der Waals surface area contributed by atoms with Crippen molar-refractivity contribution >= 4 is 11.6 Å². The fourth-order valence-electron chi connectivity index (χ4n) is 1.71. The summed E-state index contributed by atoms with van der Waals surface area (Å²) >= 11 is 5.87. The molecule has 0 radical (unpaired) electrons. The van der Waals surface area contributed by atoms with Crippen LogP contribution in [0.2, 0.25) is 5.15 Å². The molecule has 64 valence electrons. The lowest BCUT2D eigenvalue weighted by Gasteiger charge is -2.15. The zero-order valence-electron chi connectivity index (χ0n) is 7.10. The molecule has 0 spiro atoms. The first-order valence-electron chi connectivity index (χ1n) is 4.29. The van der Waals surface area contributed by atoms with Crippen LogP contribution in [0, 0.1) is 6.92 Å². The van der Waals surface area contributed by atoms with E-state index < -0.39 is 0 Å². The molecule has 0 fully saturated rings. The van der Waals surface area contributed by atoms with Crippen molar-refractivity contribution in [2.75, 3.05) is 0 Å². The van der Waals surface area contributed by atoms with Crippen molar-refractivity contribution in [3.8, 4) is 0 Å². The second kappa shape index (κ2) is 3.02. The molecule has 2 rings (SSSR count). The van der Waals surface area contributed by atoms with Gasteiger partial charge in [-0.25, -0.2) is 0 Å². The minimum absolute atomic E-state index is 0.565. The molecule has 0 amide bonds. The Morgan fingerprint density at radius 2 is 1.92 bits per heavy atom. The number of nitrogens with zero attached hydrogens (tertiary/aromatic N) is 2. The average molecular weight is 183 g/mol. The third kappa shape index (κ3) is 1.20. The number of hydrogen-bond acceptors (Lipinski definition) is 2.